The fraction of sp³-hybridized carbons (Fsp3) is 0.143. The first-order chi connectivity index (χ1) is 13.6. The van der Waals surface area contributed by atoms with Gasteiger partial charge in [-0.25, -0.2) is 4.98 Å². The van der Waals surface area contributed by atoms with E-state index in [2.05, 4.69) is 30.5 Å². The number of rotatable bonds is 5. The molecule has 0 bridgehead atoms. The van der Waals surface area contributed by atoms with Crippen molar-refractivity contribution in [2.45, 2.75) is 20.8 Å². The van der Waals surface area contributed by atoms with Crippen LogP contribution in [0.1, 0.15) is 25.7 Å². The van der Waals surface area contributed by atoms with Crippen LogP contribution in [0.3, 0.4) is 0 Å². The number of nitrogens with one attached hydrogen (secondary N) is 3. The molecule has 0 aliphatic heterocycles. The number of halogens is 1. The molecular weight excluding hydrogens is 388 g/mol. The number of aromatic amines is 2. The number of carbonyl (C=O) groups excluding carboxylic acids is 1. The normalized spacial score (nSPS) is 10.4. The van der Waals surface area contributed by atoms with Crippen LogP contribution in [0.4, 0.5) is 5.95 Å². The molecule has 8 heteroatoms. The molecule has 3 N–H and O–H groups in total. The van der Waals surface area contributed by atoms with Crippen LogP contribution >= 0.6 is 11.6 Å². The quantitative estimate of drug-likeness (QED) is 0.445. The van der Waals surface area contributed by atoms with Gasteiger partial charge >= 0.3 is 0 Å². The van der Waals surface area contributed by atoms with E-state index < -0.39 is 0 Å². The standard InChI is InChI=1S/C20H17ClN6O.CH4/c1-12(28)24-20-23-11-16(25-20)10-17-18(13-6-8-22-9-7-13)19(27-26-17)14-2-4-15(21)5-3-14;/h2-9,11H,10H2,1H3,(H,26,27)(H2,23,24,25,28);1H4. The van der Waals surface area contributed by atoms with Crippen molar-refractivity contribution in [3.8, 4) is 22.4 Å². The molecule has 4 rings (SSSR count). The number of hydrogen-bond acceptors (Lipinski definition) is 4. The summed E-state index contributed by atoms with van der Waals surface area (Å²) in [6.07, 6.45) is 5.75. The average Bonchev–Trinajstić information content (AvgIpc) is 3.30. The Morgan fingerprint density at radius 3 is 2.52 bits per heavy atom. The van der Waals surface area contributed by atoms with Crippen molar-refractivity contribution < 1.29 is 4.79 Å². The Labute approximate surface area is 173 Å². The molecule has 0 unspecified atom stereocenters. The molecule has 0 aliphatic rings. The highest BCUT2D eigenvalue weighted by atomic mass is 35.5. The fourth-order valence-electron chi connectivity index (χ4n) is 3.02. The smallest absolute Gasteiger partial charge is 0.223 e. The molecule has 0 aliphatic carbocycles. The number of benzene rings is 1. The zero-order valence-corrected chi connectivity index (χ0v) is 15.8. The summed E-state index contributed by atoms with van der Waals surface area (Å²) in [6, 6.07) is 11.5. The number of anilines is 1. The van der Waals surface area contributed by atoms with Crippen LogP contribution in [0.25, 0.3) is 22.4 Å². The summed E-state index contributed by atoms with van der Waals surface area (Å²) in [5.74, 6) is 0.246. The summed E-state index contributed by atoms with van der Waals surface area (Å²) in [5.41, 5.74) is 5.56. The lowest BCUT2D eigenvalue weighted by Gasteiger charge is -2.06. The molecular formula is C21H21ClN6O. The minimum atomic E-state index is -0.176. The third-order valence-electron chi connectivity index (χ3n) is 4.22. The van der Waals surface area contributed by atoms with E-state index in [1.807, 2.05) is 36.4 Å². The van der Waals surface area contributed by atoms with Crippen molar-refractivity contribution in [1.82, 2.24) is 25.1 Å². The van der Waals surface area contributed by atoms with E-state index >= 15 is 0 Å². The van der Waals surface area contributed by atoms with Crippen molar-refractivity contribution in [3.63, 3.8) is 0 Å². The van der Waals surface area contributed by atoms with Gasteiger partial charge in [0.2, 0.25) is 11.9 Å². The molecule has 4 aromatic rings. The summed E-state index contributed by atoms with van der Waals surface area (Å²) in [6.45, 7) is 1.44. The van der Waals surface area contributed by atoms with Crippen LogP contribution in [0.15, 0.2) is 55.0 Å². The van der Waals surface area contributed by atoms with Crippen molar-refractivity contribution in [2.24, 2.45) is 0 Å². The monoisotopic (exact) mass is 408 g/mol. The van der Waals surface area contributed by atoms with Gasteiger partial charge in [-0.1, -0.05) is 31.2 Å². The predicted molar refractivity (Wildman–Crippen MR) is 115 cm³/mol. The molecule has 0 spiro atoms. The number of pyridine rings is 1. The van der Waals surface area contributed by atoms with Gasteiger partial charge in [-0.2, -0.15) is 5.10 Å². The van der Waals surface area contributed by atoms with Gasteiger partial charge in [0.05, 0.1) is 6.20 Å². The Morgan fingerprint density at radius 1 is 1.10 bits per heavy atom. The van der Waals surface area contributed by atoms with Crippen molar-refractivity contribution in [2.75, 3.05) is 5.32 Å². The number of hydrogen-bond donors (Lipinski definition) is 3. The molecule has 1 aromatic carbocycles. The van der Waals surface area contributed by atoms with Gasteiger partial charge in [0, 0.05) is 53.3 Å². The molecule has 0 atom stereocenters. The molecule has 1 amide bonds. The molecule has 0 saturated heterocycles. The highest BCUT2D eigenvalue weighted by Gasteiger charge is 2.18. The Balaban J connectivity index is 0.00000240. The highest BCUT2D eigenvalue weighted by molar-refractivity contribution is 6.30. The molecule has 148 valence electrons. The maximum absolute atomic E-state index is 11.2. The predicted octanol–water partition coefficient (Wildman–Crippen LogP) is 4.70. The number of H-pyrrole nitrogens is 2. The van der Waals surface area contributed by atoms with Crippen molar-refractivity contribution in [1.29, 1.82) is 0 Å². The molecule has 0 fully saturated rings. The summed E-state index contributed by atoms with van der Waals surface area (Å²) < 4.78 is 0. The summed E-state index contributed by atoms with van der Waals surface area (Å²) in [7, 11) is 0. The number of carbonyl (C=O) groups is 1. The molecule has 3 aromatic heterocycles. The zero-order valence-electron chi connectivity index (χ0n) is 15.0. The van der Waals surface area contributed by atoms with Crippen LogP contribution in [-0.2, 0) is 11.2 Å². The molecule has 29 heavy (non-hydrogen) atoms. The first kappa shape index (κ1) is 20.3. The van der Waals surface area contributed by atoms with E-state index in [4.69, 9.17) is 11.6 Å². The number of amides is 1. The number of aromatic nitrogens is 5. The van der Waals surface area contributed by atoms with Crippen LogP contribution < -0.4 is 5.32 Å². The highest BCUT2D eigenvalue weighted by Crippen LogP contribution is 2.34. The van der Waals surface area contributed by atoms with Crippen molar-refractivity contribution in [3.05, 3.63) is 71.4 Å². The van der Waals surface area contributed by atoms with Crippen LogP contribution in [0.5, 0.6) is 0 Å². The van der Waals surface area contributed by atoms with E-state index in [0.29, 0.717) is 17.4 Å². The number of imidazole rings is 1. The Hall–Kier alpha value is -3.45. The van der Waals surface area contributed by atoms with E-state index in [1.54, 1.807) is 18.6 Å². The summed E-state index contributed by atoms with van der Waals surface area (Å²) in [5, 5.41) is 11.0. The maximum atomic E-state index is 11.2. The van der Waals surface area contributed by atoms with E-state index in [-0.39, 0.29) is 13.3 Å². The van der Waals surface area contributed by atoms with Crippen LogP contribution in [0.2, 0.25) is 5.02 Å². The van der Waals surface area contributed by atoms with Gasteiger partial charge in [0.15, 0.2) is 0 Å². The number of nitrogens with zero attached hydrogens (tertiary/aromatic N) is 3. The Kier molecular flexibility index (Phi) is 6.09. The van der Waals surface area contributed by atoms with Gasteiger partial charge in [-0.15, -0.1) is 0 Å². The lowest BCUT2D eigenvalue weighted by Crippen LogP contribution is -2.07. The Bertz CT molecular complexity index is 1100. The fourth-order valence-corrected chi connectivity index (χ4v) is 3.15. The van der Waals surface area contributed by atoms with E-state index in [9.17, 15) is 4.79 Å². The van der Waals surface area contributed by atoms with Crippen LogP contribution in [-0.4, -0.2) is 31.1 Å². The summed E-state index contributed by atoms with van der Waals surface area (Å²) >= 11 is 6.03. The van der Waals surface area contributed by atoms with Gasteiger partial charge < -0.3 is 4.98 Å². The first-order valence-corrected chi connectivity index (χ1v) is 9.03. The zero-order chi connectivity index (χ0) is 19.5. The lowest BCUT2D eigenvalue weighted by molar-refractivity contribution is -0.114. The SMILES string of the molecule is C.CC(=O)Nc1ncc(Cc2[nH]nc(-c3ccc(Cl)cc3)c2-c2ccncc2)[nH]1. The lowest BCUT2D eigenvalue weighted by atomic mass is 9.98. The second-order valence-corrected chi connectivity index (χ2v) is 6.72. The van der Waals surface area contributed by atoms with Gasteiger partial charge in [-0.05, 0) is 29.8 Å². The molecule has 0 saturated carbocycles. The van der Waals surface area contributed by atoms with Gasteiger partial charge in [0.1, 0.15) is 5.69 Å². The minimum absolute atomic E-state index is 0. The van der Waals surface area contributed by atoms with E-state index in [1.165, 1.54) is 6.92 Å². The topological polar surface area (TPSA) is 99.3 Å². The summed E-state index contributed by atoms with van der Waals surface area (Å²) in [4.78, 5) is 22.6. The molecule has 3 heterocycles. The Morgan fingerprint density at radius 2 is 1.83 bits per heavy atom. The van der Waals surface area contributed by atoms with Crippen LogP contribution in [0, 0.1) is 0 Å². The van der Waals surface area contributed by atoms with E-state index in [0.717, 1.165) is 33.8 Å². The minimum Gasteiger partial charge on any atom is -0.327 e. The first-order valence-electron chi connectivity index (χ1n) is 8.65. The molecule has 0 radical (unpaired) electrons. The van der Waals surface area contributed by atoms with Gasteiger partial charge in [0.25, 0.3) is 0 Å². The maximum Gasteiger partial charge on any atom is 0.223 e. The second-order valence-electron chi connectivity index (χ2n) is 6.28. The third-order valence-corrected chi connectivity index (χ3v) is 4.47. The second kappa shape index (κ2) is 8.70. The van der Waals surface area contributed by atoms with Gasteiger partial charge in [-0.3, -0.25) is 20.2 Å². The molecule has 7 nitrogen and oxygen atoms in total. The average molecular weight is 409 g/mol. The van der Waals surface area contributed by atoms with Crippen molar-refractivity contribution >= 4 is 23.5 Å². The largest absolute Gasteiger partial charge is 0.327 e. The third kappa shape index (κ3) is 4.52.